The molecule has 1 fully saturated rings. The van der Waals surface area contributed by atoms with Gasteiger partial charge in [0, 0.05) is 62.6 Å². The van der Waals surface area contributed by atoms with Crippen LogP contribution in [0.3, 0.4) is 0 Å². The van der Waals surface area contributed by atoms with Gasteiger partial charge >= 0.3 is 0 Å². The monoisotopic (exact) mass is 481 g/mol. The number of nitrogens with zero attached hydrogens (tertiary/aromatic N) is 4. The van der Waals surface area contributed by atoms with Gasteiger partial charge < -0.3 is 35.3 Å². The van der Waals surface area contributed by atoms with Crippen LogP contribution in [0.25, 0.3) is 10.9 Å². The predicted molar refractivity (Wildman–Crippen MR) is 135 cm³/mol. The van der Waals surface area contributed by atoms with Crippen LogP contribution in [0.4, 0.5) is 17.5 Å². The van der Waals surface area contributed by atoms with Gasteiger partial charge in [0.05, 0.1) is 12.1 Å². The number of carbonyl (C=O) groups is 1. The van der Waals surface area contributed by atoms with Gasteiger partial charge in [0.15, 0.2) is 12.4 Å². The van der Waals surface area contributed by atoms with Crippen molar-refractivity contribution in [3.63, 3.8) is 0 Å². The second-order valence-corrected chi connectivity index (χ2v) is 8.41. The van der Waals surface area contributed by atoms with Crippen LogP contribution < -0.4 is 31.1 Å². The highest BCUT2D eigenvalue weighted by atomic mass is 16.5. The van der Waals surface area contributed by atoms with Crippen molar-refractivity contribution < 1.29 is 14.6 Å². The molecule has 1 aromatic carbocycles. The van der Waals surface area contributed by atoms with E-state index in [1.54, 1.807) is 13.1 Å². The summed E-state index contributed by atoms with van der Waals surface area (Å²) >= 11 is 0. The van der Waals surface area contributed by atoms with E-state index in [0.717, 1.165) is 41.7 Å². The second-order valence-electron chi connectivity index (χ2n) is 8.41. The molecule has 186 valence electrons. The molecule has 3 aromatic rings. The number of benzene rings is 1. The molecule has 11 nitrogen and oxygen atoms in total. The summed E-state index contributed by atoms with van der Waals surface area (Å²) in [6.45, 7) is 4.00. The van der Waals surface area contributed by atoms with Crippen LogP contribution in [-0.4, -0.2) is 71.5 Å². The molecule has 1 aliphatic heterocycles. The van der Waals surface area contributed by atoms with Gasteiger partial charge in [-0.05, 0) is 30.7 Å². The Morgan fingerprint density at radius 2 is 2.17 bits per heavy atom. The molecular formula is C24H31N7O4. The number of nitrogens with one attached hydrogen (secondary N) is 3. The normalized spacial score (nSPS) is 15.8. The number of anilines is 3. The van der Waals surface area contributed by atoms with E-state index < -0.39 is 0 Å². The van der Waals surface area contributed by atoms with Crippen molar-refractivity contribution in [3.05, 3.63) is 46.4 Å². The van der Waals surface area contributed by atoms with Gasteiger partial charge in [-0.25, -0.2) is 4.98 Å². The first-order chi connectivity index (χ1) is 16.9. The highest BCUT2D eigenvalue weighted by Crippen LogP contribution is 2.26. The van der Waals surface area contributed by atoms with E-state index >= 15 is 0 Å². The lowest BCUT2D eigenvalue weighted by molar-refractivity contribution is -0.122. The number of aryl methyl sites for hydroxylation is 2. The van der Waals surface area contributed by atoms with E-state index in [9.17, 15) is 14.7 Å². The minimum absolute atomic E-state index is 0.0124. The molecule has 0 radical (unpaired) electrons. The summed E-state index contributed by atoms with van der Waals surface area (Å²) in [5.41, 5.74) is 2.19. The number of likely N-dealkylation sites (N-methyl/N-ethyl adjacent to an activating group) is 1. The van der Waals surface area contributed by atoms with E-state index in [0.29, 0.717) is 18.3 Å². The summed E-state index contributed by atoms with van der Waals surface area (Å²) in [5.74, 6) is 1.11. The minimum atomic E-state index is -0.316. The van der Waals surface area contributed by atoms with E-state index in [-0.39, 0.29) is 36.5 Å². The molecule has 11 heteroatoms. The number of carbonyl (C=O) groups excluding carboxylic acids is 1. The van der Waals surface area contributed by atoms with Crippen molar-refractivity contribution in [2.24, 2.45) is 7.05 Å². The van der Waals surface area contributed by atoms with Gasteiger partial charge in [-0.2, -0.15) is 4.98 Å². The van der Waals surface area contributed by atoms with Crippen LogP contribution in [-0.2, 0) is 18.3 Å². The molecule has 3 heterocycles. The third-order valence-electron chi connectivity index (χ3n) is 6.08. The van der Waals surface area contributed by atoms with Crippen molar-refractivity contribution in [2.75, 3.05) is 50.1 Å². The number of ether oxygens (including phenoxy) is 1. The summed E-state index contributed by atoms with van der Waals surface area (Å²) < 4.78 is 6.96. The van der Waals surface area contributed by atoms with Crippen molar-refractivity contribution in [1.29, 1.82) is 0 Å². The van der Waals surface area contributed by atoms with Gasteiger partial charge in [0.25, 0.3) is 11.5 Å². The molecule has 0 spiro atoms. The molecule has 0 bridgehead atoms. The Bertz CT molecular complexity index is 1280. The lowest BCUT2D eigenvalue weighted by Crippen LogP contribution is -2.52. The first kappa shape index (κ1) is 24.4. The molecule has 0 aliphatic carbocycles. The Kier molecular flexibility index (Phi) is 7.47. The highest BCUT2D eigenvalue weighted by Gasteiger charge is 2.21. The highest BCUT2D eigenvalue weighted by molar-refractivity contribution is 5.85. The summed E-state index contributed by atoms with van der Waals surface area (Å²) in [5, 5.41) is 19.4. The number of aromatic nitrogens is 3. The molecule has 1 aliphatic rings. The SMILES string of the molecule is CCc1cnc(N2CCNC(CO)C2)nc1Nc1ccc2c(c1)cc(OCC(=O)NC)c(=O)n2C. The summed E-state index contributed by atoms with van der Waals surface area (Å²) in [4.78, 5) is 35.6. The first-order valence-electron chi connectivity index (χ1n) is 11.6. The Balaban J connectivity index is 1.63. The maximum atomic E-state index is 12.6. The van der Waals surface area contributed by atoms with Crippen molar-refractivity contribution in [2.45, 2.75) is 19.4 Å². The number of rotatable bonds is 8. The lowest BCUT2D eigenvalue weighted by atomic mass is 10.1. The summed E-state index contributed by atoms with van der Waals surface area (Å²) in [6, 6.07) is 7.29. The average molecular weight is 482 g/mol. The molecule has 1 unspecified atom stereocenters. The fourth-order valence-corrected chi connectivity index (χ4v) is 4.03. The number of aliphatic hydroxyl groups excluding tert-OH is 1. The van der Waals surface area contributed by atoms with E-state index in [2.05, 4.69) is 25.8 Å². The molecule has 0 saturated carbocycles. The Hall–Kier alpha value is -3.70. The fourth-order valence-electron chi connectivity index (χ4n) is 4.03. The van der Waals surface area contributed by atoms with Gasteiger partial charge in [0.1, 0.15) is 5.82 Å². The zero-order chi connectivity index (χ0) is 24.9. The van der Waals surface area contributed by atoms with Crippen molar-refractivity contribution in [1.82, 2.24) is 25.2 Å². The van der Waals surface area contributed by atoms with E-state index in [1.165, 1.54) is 11.6 Å². The maximum absolute atomic E-state index is 12.6. The number of hydrogen-bond donors (Lipinski definition) is 4. The van der Waals surface area contributed by atoms with Crippen molar-refractivity contribution >= 4 is 34.3 Å². The molecule has 4 rings (SSSR count). The molecule has 1 amide bonds. The molecule has 4 N–H and O–H groups in total. The van der Waals surface area contributed by atoms with Crippen molar-refractivity contribution in [3.8, 4) is 5.75 Å². The maximum Gasteiger partial charge on any atom is 0.293 e. The minimum Gasteiger partial charge on any atom is -0.478 e. The third kappa shape index (κ3) is 5.36. The molecule has 35 heavy (non-hydrogen) atoms. The largest absolute Gasteiger partial charge is 0.478 e. The molecular weight excluding hydrogens is 450 g/mol. The Labute approximate surface area is 203 Å². The number of fused-ring (bicyclic) bond motifs is 1. The zero-order valence-electron chi connectivity index (χ0n) is 20.2. The van der Waals surface area contributed by atoms with Crippen LogP contribution in [0.5, 0.6) is 5.75 Å². The number of aliphatic hydroxyl groups is 1. The number of pyridine rings is 1. The van der Waals surface area contributed by atoms with E-state index in [1.807, 2.05) is 31.3 Å². The van der Waals surface area contributed by atoms with Crippen LogP contribution in [0.2, 0.25) is 0 Å². The second kappa shape index (κ2) is 10.7. The Morgan fingerprint density at radius 1 is 1.34 bits per heavy atom. The molecule has 1 atom stereocenters. The lowest BCUT2D eigenvalue weighted by Gasteiger charge is -2.33. The predicted octanol–water partition coefficient (Wildman–Crippen LogP) is 0.530. The average Bonchev–Trinajstić information content (AvgIpc) is 2.89. The molecule has 1 saturated heterocycles. The number of amides is 1. The first-order valence-corrected chi connectivity index (χ1v) is 11.6. The van der Waals surface area contributed by atoms with Gasteiger partial charge in [0.2, 0.25) is 5.95 Å². The van der Waals surface area contributed by atoms with E-state index in [4.69, 9.17) is 9.72 Å². The summed E-state index contributed by atoms with van der Waals surface area (Å²) in [7, 11) is 3.18. The molecule has 2 aromatic heterocycles. The van der Waals surface area contributed by atoms with Gasteiger partial charge in [-0.1, -0.05) is 6.92 Å². The standard InChI is InChI=1S/C24H31N7O4/c1-4-15-11-27-24(31-8-7-26-18(12-31)13-32)29-22(15)28-17-5-6-19-16(9-17)10-20(23(34)30(19)3)35-14-21(33)25-2/h5-6,9-11,18,26,32H,4,7-8,12-14H2,1-3H3,(H,25,33)(H,27,28,29). The van der Waals surface area contributed by atoms with Gasteiger partial charge in [-0.15, -0.1) is 0 Å². The smallest absolute Gasteiger partial charge is 0.293 e. The van der Waals surface area contributed by atoms with Crippen LogP contribution in [0, 0.1) is 0 Å². The van der Waals surface area contributed by atoms with Crippen LogP contribution in [0.15, 0.2) is 35.3 Å². The summed E-state index contributed by atoms with van der Waals surface area (Å²) in [6.07, 6.45) is 2.58. The third-order valence-corrected chi connectivity index (χ3v) is 6.08. The Morgan fingerprint density at radius 3 is 2.91 bits per heavy atom. The quantitative estimate of drug-likeness (QED) is 0.363. The van der Waals surface area contributed by atoms with Crippen LogP contribution >= 0.6 is 0 Å². The topological polar surface area (TPSA) is 134 Å². The number of hydrogen-bond acceptors (Lipinski definition) is 9. The fraction of sp³-hybridized carbons (Fsp3) is 0.417. The zero-order valence-corrected chi connectivity index (χ0v) is 20.2. The number of piperazine rings is 1. The van der Waals surface area contributed by atoms with Gasteiger partial charge in [-0.3, -0.25) is 9.59 Å². The van der Waals surface area contributed by atoms with Crippen LogP contribution in [0.1, 0.15) is 12.5 Å².